The molecule has 39 heavy (non-hydrogen) atoms. The predicted octanol–water partition coefficient (Wildman–Crippen LogP) is -1.75. The lowest BCUT2D eigenvalue weighted by molar-refractivity contribution is -0.659. The number of nitrogens with two attached hydrogens (primary N) is 1. The minimum Gasteiger partial charge on any atom is -1.00 e. The summed E-state index contributed by atoms with van der Waals surface area (Å²) in [5.41, 5.74) is 1.48. The van der Waals surface area contributed by atoms with Crippen LogP contribution < -0.4 is 43.1 Å². The van der Waals surface area contributed by atoms with Crippen LogP contribution >= 0.6 is 0 Å². The van der Waals surface area contributed by atoms with Gasteiger partial charge in [-0.15, -0.1) is 0 Å². The van der Waals surface area contributed by atoms with Crippen molar-refractivity contribution in [1.82, 2.24) is 10.6 Å². The summed E-state index contributed by atoms with van der Waals surface area (Å²) in [5.74, 6) is 0.324. The van der Waals surface area contributed by atoms with E-state index in [9.17, 15) is 23.1 Å². The molecule has 2 aromatic carbocycles. The standard InChI is InChI=1S/C26H37N5O6S.ClH/c1-38(35,36)31-22-9-7-19(8-10-22)25(33)28-16-15-27-17-23(32)18-37-24-13-11-21(12-14-24)30-26(34)29-20-5-3-2-4-6-20;/h7-14,20,23,27,31-32H,2-6,15-18H2,1H3,(H,28,33)(H2,29,30,34);1H. The Hall–Kier alpha value is -3.06. The number of carbonyl (C=O) groups excluding carboxylic acids is 2. The molecule has 11 nitrogen and oxygen atoms in total. The maximum absolute atomic E-state index is 12.2. The number of hydrogen-bond donors (Lipinski definition) is 6. The van der Waals surface area contributed by atoms with E-state index in [4.69, 9.17) is 4.74 Å². The molecular weight excluding hydrogens is 546 g/mol. The van der Waals surface area contributed by atoms with Crippen molar-refractivity contribution in [3.8, 4) is 5.75 Å². The molecular formula is C26H38ClN5O6S. The number of quaternary nitrogens is 1. The van der Waals surface area contributed by atoms with E-state index in [-0.39, 0.29) is 37.0 Å². The van der Waals surface area contributed by atoms with Gasteiger partial charge in [0.05, 0.1) is 19.3 Å². The molecule has 1 fully saturated rings. The van der Waals surface area contributed by atoms with E-state index in [1.54, 1.807) is 36.4 Å². The summed E-state index contributed by atoms with van der Waals surface area (Å²) in [6, 6.07) is 13.2. The lowest BCUT2D eigenvalue weighted by Gasteiger charge is -2.22. The Morgan fingerprint density at radius 1 is 1.03 bits per heavy atom. The number of aliphatic hydroxyl groups is 1. The fourth-order valence-corrected chi connectivity index (χ4v) is 4.66. The third-order valence-electron chi connectivity index (χ3n) is 6.02. The van der Waals surface area contributed by atoms with Gasteiger partial charge < -0.3 is 43.5 Å². The molecule has 0 bridgehead atoms. The van der Waals surface area contributed by atoms with Crippen molar-refractivity contribution in [3.05, 3.63) is 54.1 Å². The van der Waals surface area contributed by atoms with E-state index in [1.165, 1.54) is 18.6 Å². The van der Waals surface area contributed by atoms with Gasteiger partial charge in [-0.1, -0.05) is 19.3 Å². The topological polar surface area (TPSA) is 162 Å². The average Bonchev–Trinajstić information content (AvgIpc) is 2.88. The maximum Gasteiger partial charge on any atom is 0.319 e. The van der Waals surface area contributed by atoms with E-state index in [2.05, 4.69) is 20.7 Å². The van der Waals surface area contributed by atoms with Gasteiger partial charge in [0.15, 0.2) is 0 Å². The van der Waals surface area contributed by atoms with Crippen LogP contribution in [0.25, 0.3) is 0 Å². The summed E-state index contributed by atoms with van der Waals surface area (Å²) in [7, 11) is -3.37. The monoisotopic (exact) mass is 583 g/mol. The third kappa shape index (κ3) is 12.6. The van der Waals surface area contributed by atoms with Crippen LogP contribution in [0.2, 0.25) is 0 Å². The number of rotatable bonds is 13. The summed E-state index contributed by atoms with van der Waals surface area (Å²) >= 11 is 0. The molecule has 216 valence electrons. The molecule has 2 aromatic rings. The molecule has 3 amide bonds. The van der Waals surface area contributed by atoms with Crippen LogP contribution in [0, 0.1) is 0 Å². The number of carbonyl (C=O) groups is 2. The third-order valence-corrected chi connectivity index (χ3v) is 6.62. The molecule has 3 rings (SSSR count). The van der Waals surface area contributed by atoms with Crippen molar-refractivity contribution in [2.75, 3.05) is 42.5 Å². The highest BCUT2D eigenvalue weighted by atomic mass is 35.5. The molecule has 1 saturated carbocycles. The summed E-state index contributed by atoms with van der Waals surface area (Å²) in [6.07, 6.45) is 5.96. The molecule has 13 heteroatoms. The van der Waals surface area contributed by atoms with Gasteiger partial charge in [-0.3, -0.25) is 9.52 Å². The Balaban J connectivity index is 0.00000533. The number of sulfonamides is 1. The first kappa shape index (κ1) is 32.2. The number of amides is 3. The quantitative estimate of drug-likeness (QED) is 0.153. The van der Waals surface area contributed by atoms with Crippen LogP contribution in [-0.2, 0) is 10.0 Å². The first-order valence-electron chi connectivity index (χ1n) is 12.8. The van der Waals surface area contributed by atoms with Crippen molar-refractivity contribution in [3.63, 3.8) is 0 Å². The molecule has 0 spiro atoms. The Morgan fingerprint density at radius 3 is 2.31 bits per heavy atom. The van der Waals surface area contributed by atoms with Crippen molar-refractivity contribution in [2.45, 2.75) is 44.2 Å². The van der Waals surface area contributed by atoms with Gasteiger partial charge in [0.25, 0.3) is 5.91 Å². The Kier molecular flexibility index (Phi) is 13.3. The summed E-state index contributed by atoms with van der Waals surface area (Å²) in [4.78, 5) is 24.4. The number of benzene rings is 2. The zero-order valence-corrected chi connectivity index (χ0v) is 23.6. The number of nitrogens with one attached hydrogen (secondary N) is 4. The number of hydrogen-bond acceptors (Lipinski definition) is 6. The molecule has 0 saturated heterocycles. The Bertz CT molecular complexity index is 1140. The van der Waals surface area contributed by atoms with Crippen LogP contribution in [-0.4, -0.2) is 70.1 Å². The van der Waals surface area contributed by atoms with E-state index >= 15 is 0 Å². The molecule has 0 radical (unpaired) electrons. The second-order valence-corrected chi connectivity index (χ2v) is 11.2. The summed E-state index contributed by atoms with van der Waals surface area (Å²) < 4.78 is 30.5. The van der Waals surface area contributed by atoms with Crippen molar-refractivity contribution >= 4 is 33.3 Å². The van der Waals surface area contributed by atoms with Crippen molar-refractivity contribution < 1.29 is 45.6 Å². The van der Waals surface area contributed by atoms with Gasteiger partial charge in [0.1, 0.15) is 25.0 Å². The van der Waals surface area contributed by atoms with Crippen LogP contribution in [0.5, 0.6) is 5.75 Å². The van der Waals surface area contributed by atoms with Crippen LogP contribution in [0.15, 0.2) is 48.5 Å². The Morgan fingerprint density at radius 2 is 1.67 bits per heavy atom. The highest BCUT2D eigenvalue weighted by Crippen LogP contribution is 2.19. The number of anilines is 2. The second-order valence-electron chi connectivity index (χ2n) is 9.44. The van der Waals surface area contributed by atoms with Gasteiger partial charge in [-0.2, -0.15) is 0 Å². The minimum absolute atomic E-state index is 0. The molecule has 7 N–H and O–H groups in total. The van der Waals surface area contributed by atoms with E-state index in [0.29, 0.717) is 42.3 Å². The van der Waals surface area contributed by atoms with Crippen LogP contribution in [0.4, 0.5) is 16.2 Å². The average molecular weight is 584 g/mol. The Labute approximate surface area is 235 Å². The molecule has 0 aliphatic heterocycles. The van der Waals surface area contributed by atoms with Gasteiger partial charge in [0.2, 0.25) is 10.0 Å². The zero-order valence-electron chi connectivity index (χ0n) is 22.0. The SMILES string of the molecule is CS(=O)(=O)Nc1ccc(C(=O)NCC[NH2+]CC(O)COc2ccc(NC(=O)NC3CCCCC3)cc2)cc1.[Cl-]. The maximum atomic E-state index is 12.2. The van der Waals surface area contributed by atoms with E-state index in [0.717, 1.165) is 31.9 Å². The lowest BCUT2D eigenvalue weighted by Crippen LogP contribution is -3.00. The second kappa shape index (κ2) is 16.1. The minimum atomic E-state index is -3.37. The molecule has 1 aliphatic rings. The van der Waals surface area contributed by atoms with Crippen LogP contribution in [0.3, 0.4) is 0 Å². The van der Waals surface area contributed by atoms with Crippen molar-refractivity contribution in [1.29, 1.82) is 0 Å². The number of urea groups is 1. The highest BCUT2D eigenvalue weighted by Gasteiger charge is 2.15. The highest BCUT2D eigenvalue weighted by molar-refractivity contribution is 7.92. The normalized spacial score (nSPS) is 14.4. The van der Waals surface area contributed by atoms with Gasteiger partial charge in [-0.05, 0) is 61.4 Å². The molecule has 1 unspecified atom stereocenters. The number of halogens is 1. The lowest BCUT2D eigenvalue weighted by atomic mass is 9.96. The predicted molar refractivity (Wildman–Crippen MR) is 146 cm³/mol. The molecule has 0 aromatic heterocycles. The molecule has 0 heterocycles. The van der Waals surface area contributed by atoms with Gasteiger partial charge in [0, 0.05) is 23.0 Å². The summed E-state index contributed by atoms with van der Waals surface area (Å²) in [5, 5.41) is 20.7. The fourth-order valence-electron chi connectivity index (χ4n) is 4.10. The number of aliphatic hydroxyl groups excluding tert-OH is 1. The molecule has 1 aliphatic carbocycles. The molecule has 1 atom stereocenters. The van der Waals surface area contributed by atoms with Crippen molar-refractivity contribution in [2.24, 2.45) is 0 Å². The first-order valence-corrected chi connectivity index (χ1v) is 14.7. The smallest absolute Gasteiger partial charge is 0.319 e. The van der Waals surface area contributed by atoms with E-state index < -0.39 is 16.1 Å². The van der Waals surface area contributed by atoms with Gasteiger partial charge in [-0.25, -0.2) is 13.2 Å². The van der Waals surface area contributed by atoms with Gasteiger partial charge >= 0.3 is 6.03 Å². The number of ether oxygens (including phenoxy) is 1. The summed E-state index contributed by atoms with van der Waals surface area (Å²) in [6.45, 7) is 1.49. The first-order chi connectivity index (χ1) is 18.2. The van der Waals surface area contributed by atoms with Crippen LogP contribution in [0.1, 0.15) is 42.5 Å². The largest absolute Gasteiger partial charge is 1.00 e. The zero-order chi connectivity index (χ0) is 27.4. The van der Waals surface area contributed by atoms with E-state index in [1.807, 2.05) is 5.32 Å². The fraction of sp³-hybridized carbons (Fsp3) is 0.462.